The molecule has 0 fully saturated rings. The van der Waals surface area contributed by atoms with Crippen LogP contribution in [0.1, 0.15) is 70.6 Å². The van der Waals surface area contributed by atoms with E-state index in [1.165, 1.54) is 0 Å². The van der Waals surface area contributed by atoms with Gasteiger partial charge < -0.3 is 43.9 Å². The summed E-state index contributed by atoms with van der Waals surface area (Å²) < 4.78 is 36.2. The molecule has 0 rings (SSSR count). The van der Waals surface area contributed by atoms with Crippen molar-refractivity contribution >= 4 is 24.0 Å². The van der Waals surface area contributed by atoms with E-state index in [2.05, 4.69) is 4.31 Å². The number of unbranched alkanes of at least 4 members (excludes halogenated alkanes) is 10. The Morgan fingerprint density at radius 3 is 1.52 bits per heavy atom. The summed E-state index contributed by atoms with van der Waals surface area (Å²) in [5.74, 6) is 0. The number of hydrogen-bond acceptors (Lipinski definition) is 9. The van der Waals surface area contributed by atoms with E-state index in [1.54, 1.807) is 0 Å². The van der Waals surface area contributed by atoms with Crippen LogP contribution in [0.5, 0.6) is 0 Å². The SMILES string of the molecule is O=P(O)(O)OP(=O)(O)CCCCCCCCCCCCCOP(O)OCC(CO)(CO)CO. The molecule has 0 saturated carbocycles. The Kier molecular flexibility index (Phi) is 19.0. The largest absolute Gasteiger partial charge is 0.476 e. The fourth-order valence-corrected chi connectivity index (χ4v) is 5.89. The summed E-state index contributed by atoms with van der Waals surface area (Å²) >= 11 is 0. The highest BCUT2D eigenvalue weighted by Crippen LogP contribution is 2.57. The van der Waals surface area contributed by atoms with E-state index < -0.39 is 49.3 Å². The molecule has 2 atom stereocenters. The third-order valence-electron chi connectivity index (χ3n) is 5.01. The monoisotopic (exact) mass is 542 g/mol. The van der Waals surface area contributed by atoms with E-state index in [9.17, 15) is 34.2 Å². The van der Waals surface area contributed by atoms with Crippen molar-refractivity contribution < 1.29 is 57.4 Å². The van der Waals surface area contributed by atoms with Gasteiger partial charge in [-0.3, -0.25) is 4.57 Å². The zero-order chi connectivity index (χ0) is 25.2. The van der Waals surface area contributed by atoms with E-state index in [0.717, 1.165) is 57.8 Å². The molecule has 0 aliphatic rings. The van der Waals surface area contributed by atoms with Gasteiger partial charge in [-0.15, -0.1) is 0 Å². The molecule has 7 N–H and O–H groups in total. The number of rotatable bonds is 23. The van der Waals surface area contributed by atoms with Gasteiger partial charge in [0.15, 0.2) is 0 Å². The van der Waals surface area contributed by atoms with Crippen molar-refractivity contribution in [2.75, 3.05) is 39.2 Å². The minimum absolute atomic E-state index is 0.202. The summed E-state index contributed by atoms with van der Waals surface area (Å²) in [7, 11) is -11.3. The van der Waals surface area contributed by atoms with E-state index in [-0.39, 0.29) is 12.8 Å². The topological polar surface area (TPSA) is 203 Å². The van der Waals surface area contributed by atoms with Crippen LogP contribution >= 0.6 is 24.0 Å². The molecule has 33 heavy (non-hydrogen) atoms. The second-order valence-electron chi connectivity index (χ2n) is 8.14. The van der Waals surface area contributed by atoms with Crippen LogP contribution in [-0.4, -0.2) is 74.1 Å². The first-order valence-corrected chi connectivity index (χ1v) is 15.6. The smallest absolute Gasteiger partial charge is 0.396 e. The van der Waals surface area contributed by atoms with Crippen LogP contribution < -0.4 is 0 Å². The molecule has 0 spiro atoms. The number of hydrogen-bond donors (Lipinski definition) is 7. The highest BCUT2D eigenvalue weighted by atomic mass is 31.3. The van der Waals surface area contributed by atoms with Crippen molar-refractivity contribution in [3.8, 4) is 0 Å². The van der Waals surface area contributed by atoms with Gasteiger partial charge in [-0.05, 0) is 12.8 Å². The molecule has 2 unspecified atom stereocenters. The predicted molar refractivity (Wildman–Crippen MR) is 123 cm³/mol. The minimum Gasteiger partial charge on any atom is -0.396 e. The van der Waals surface area contributed by atoms with Crippen LogP contribution in [0.25, 0.3) is 0 Å². The van der Waals surface area contributed by atoms with Gasteiger partial charge in [0.25, 0.3) is 0 Å². The Hall–Kier alpha value is 0.490. The first-order chi connectivity index (χ1) is 15.5. The molecule has 15 heteroatoms. The maximum Gasteiger partial charge on any atom is 0.476 e. The van der Waals surface area contributed by atoms with Gasteiger partial charge in [-0.25, -0.2) is 8.88 Å². The Morgan fingerprint density at radius 2 is 1.09 bits per heavy atom. The van der Waals surface area contributed by atoms with Gasteiger partial charge in [0.1, 0.15) is 0 Å². The van der Waals surface area contributed by atoms with Crippen molar-refractivity contribution in [3.63, 3.8) is 0 Å². The third-order valence-corrected chi connectivity index (χ3v) is 8.51. The van der Waals surface area contributed by atoms with Crippen LogP contribution in [0.4, 0.5) is 0 Å². The van der Waals surface area contributed by atoms with Crippen molar-refractivity contribution in [2.45, 2.75) is 70.6 Å². The second-order valence-corrected chi connectivity index (χ2v) is 12.5. The second kappa shape index (κ2) is 18.7. The molecule has 0 radical (unpaired) electrons. The number of phosphoric acid groups is 1. The third kappa shape index (κ3) is 19.4. The van der Waals surface area contributed by atoms with Crippen LogP contribution in [0.15, 0.2) is 0 Å². The lowest BCUT2D eigenvalue weighted by Crippen LogP contribution is -2.38. The Balaban J connectivity index is 3.50. The Bertz CT molecular complexity index is 562. The average Bonchev–Trinajstić information content (AvgIpc) is 2.73. The maximum absolute atomic E-state index is 11.5. The molecule has 0 aromatic rings. The lowest BCUT2D eigenvalue weighted by Gasteiger charge is -2.27. The van der Waals surface area contributed by atoms with E-state index >= 15 is 0 Å². The molecular weight excluding hydrogens is 501 g/mol. The minimum atomic E-state index is -4.95. The summed E-state index contributed by atoms with van der Waals surface area (Å²) in [4.78, 5) is 36.1. The molecule has 0 aliphatic carbocycles. The lowest BCUT2D eigenvalue weighted by molar-refractivity contribution is -0.0295. The molecule has 0 aromatic carbocycles. The molecule has 0 amide bonds. The molecule has 0 aliphatic heterocycles. The highest BCUT2D eigenvalue weighted by molar-refractivity contribution is 7.63. The van der Waals surface area contributed by atoms with Crippen molar-refractivity contribution in [3.05, 3.63) is 0 Å². The van der Waals surface area contributed by atoms with Crippen molar-refractivity contribution in [1.82, 2.24) is 0 Å². The van der Waals surface area contributed by atoms with E-state index in [4.69, 9.17) is 18.8 Å². The zero-order valence-corrected chi connectivity index (χ0v) is 21.7. The van der Waals surface area contributed by atoms with Gasteiger partial charge >= 0.3 is 24.0 Å². The molecule has 0 heterocycles. The molecule has 0 aromatic heterocycles. The summed E-state index contributed by atoms with van der Waals surface area (Å²) in [6.45, 7) is -1.26. The quantitative estimate of drug-likeness (QED) is 0.0736. The summed E-state index contributed by atoms with van der Waals surface area (Å²) in [6, 6.07) is 0. The zero-order valence-electron chi connectivity index (χ0n) is 19.0. The molecule has 0 saturated heterocycles. The van der Waals surface area contributed by atoms with Crippen molar-refractivity contribution in [2.24, 2.45) is 5.41 Å². The fourth-order valence-electron chi connectivity index (χ4n) is 2.87. The predicted octanol–water partition coefficient (Wildman–Crippen LogP) is 2.79. The summed E-state index contributed by atoms with van der Waals surface area (Å²) in [6.07, 6.45) is 9.80. The Morgan fingerprint density at radius 1 is 0.667 bits per heavy atom. The van der Waals surface area contributed by atoms with E-state index in [1.807, 2.05) is 0 Å². The maximum atomic E-state index is 11.5. The normalized spacial score (nSPS) is 15.5. The fraction of sp³-hybridized carbons (Fsp3) is 1.00. The van der Waals surface area contributed by atoms with Gasteiger partial charge in [-0.1, -0.05) is 57.8 Å². The lowest BCUT2D eigenvalue weighted by atomic mass is 9.93. The summed E-state index contributed by atoms with van der Waals surface area (Å²) in [5, 5.41) is 27.6. The highest BCUT2D eigenvalue weighted by Gasteiger charge is 2.30. The molecule has 200 valence electrons. The van der Waals surface area contributed by atoms with Crippen LogP contribution in [0.3, 0.4) is 0 Å². The van der Waals surface area contributed by atoms with Gasteiger partial charge in [-0.2, -0.15) is 0 Å². The van der Waals surface area contributed by atoms with Gasteiger partial charge in [0.05, 0.1) is 44.6 Å². The van der Waals surface area contributed by atoms with Gasteiger partial charge in [0, 0.05) is 0 Å². The summed E-state index contributed by atoms with van der Waals surface area (Å²) in [5.41, 5.74) is -1.20. The Labute approximate surface area is 197 Å². The first-order valence-electron chi connectivity index (χ1n) is 11.2. The van der Waals surface area contributed by atoms with E-state index in [0.29, 0.717) is 19.4 Å². The number of aliphatic hydroxyl groups is 3. The van der Waals surface area contributed by atoms with Crippen LogP contribution in [0.2, 0.25) is 0 Å². The molecule has 0 bridgehead atoms. The molecule has 12 nitrogen and oxygen atoms in total. The van der Waals surface area contributed by atoms with Gasteiger partial charge in [0.2, 0.25) is 0 Å². The molecular formula is C18H41O12P3. The standard InChI is InChI=1S/C18H41O12P3/c19-14-18(15-20,16-21)17-29-31(22)28-12-10-8-6-4-2-1-3-5-7-9-11-13-32(23,24)30-33(25,26)27/h19-22H,1-17H2,(H,23,24)(H2,25,26,27). The number of aliphatic hydroxyl groups excluding tert-OH is 3. The average molecular weight is 542 g/mol. The van der Waals surface area contributed by atoms with Crippen LogP contribution in [0, 0.1) is 5.41 Å². The first kappa shape index (κ1) is 33.5. The van der Waals surface area contributed by atoms with Crippen LogP contribution in [-0.2, 0) is 22.5 Å². The van der Waals surface area contributed by atoms with Crippen molar-refractivity contribution in [1.29, 1.82) is 0 Å².